The van der Waals surface area contributed by atoms with Gasteiger partial charge in [-0.3, -0.25) is 0 Å². The van der Waals surface area contributed by atoms with E-state index in [1.165, 1.54) is 100 Å². The minimum atomic E-state index is 0.982. The fourth-order valence-electron chi connectivity index (χ4n) is 5.45. The first-order valence-electron chi connectivity index (χ1n) is 12.2. The molecule has 5 aromatic rings. The molecule has 1 nitrogen and oxygen atoms in total. The number of nitrogens with two attached hydrogens (primary N) is 1. The molecule has 0 bridgehead atoms. The van der Waals surface area contributed by atoms with Crippen molar-refractivity contribution in [2.75, 3.05) is 5.73 Å². The Bertz CT molecular complexity index is 1330. The van der Waals surface area contributed by atoms with Gasteiger partial charge in [0.15, 0.2) is 0 Å². The van der Waals surface area contributed by atoms with Crippen molar-refractivity contribution in [3.8, 4) is 0 Å². The van der Waals surface area contributed by atoms with Gasteiger partial charge in [-0.2, -0.15) is 0 Å². The van der Waals surface area contributed by atoms with E-state index in [-0.39, 0.29) is 0 Å². The second-order valence-electron chi connectivity index (χ2n) is 9.16. The Balaban J connectivity index is 1.51. The van der Waals surface area contributed by atoms with Crippen LogP contribution in [0.3, 0.4) is 0 Å². The maximum atomic E-state index is 6.75. The lowest BCUT2D eigenvalue weighted by Crippen LogP contribution is -1.98. The zero-order chi connectivity index (χ0) is 21.2. The van der Waals surface area contributed by atoms with Gasteiger partial charge in [0.05, 0.1) is 0 Å². The van der Waals surface area contributed by atoms with Gasteiger partial charge in [-0.15, -0.1) is 0 Å². The van der Waals surface area contributed by atoms with Crippen LogP contribution in [0.15, 0.2) is 60.7 Å². The highest BCUT2D eigenvalue weighted by molar-refractivity contribution is 6.34. The second-order valence-corrected chi connectivity index (χ2v) is 9.16. The average molecular weight is 408 g/mol. The van der Waals surface area contributed by atoms with Gasteiger partial charge in [-0.05, 0) is 62.2 Å². The van der Waals surface area contributed by atoms with Crippen molar-refractivity contribution >= 4 is 48.8 Å². The first-order valence-corrected chi connectivity index (χ1v) is 12.2. The van der Waals surface area contributed by atoms with Crippen molar-refractivity contribution in [1.82, 2.24) is 0 Å². The zero-order valence-electron chi connectivity index (χ0n) is 18.7. The minimum absolute atomic E-state index is 0.982. The van der Waals surface area contributed by atoms with Crippen LogP contribution in [-0.2, 0) is 6.42 Å². The Hall–Kier alpha value is -2.80. The Labute approximate surface area is 185 Å². The van der Waals surface area contributed by atoms with E-state index in [2.05, 4.69) is 67.6 Å². The zero-order valence-corrected chi connectivity index (χ0v) is 18.7. The molecule has 0 amide bonds. The summed E-state index contributed by atoms with van der Waals surface area (Å²) in [7, 11) is 0. The van der Waals surface area contributed by atoms with E-state index in [0.717, 1.165) is 12.1 Å². The van der Waals surface area contributed by atoms with E-state index in [1.807, 2.05) is 0 Å². The molecule has 158 valence electrons. The molecule has 31 heavy (non-hydrogen) atoms. The molecule has 0 aromatic heterocycles. The van der Waals surface area contributed by atoms with Crippen LogP contribution >= 0.6 is 0 Å². The second kappa shape index (κ2) is 8.75. The van der Waals surface area contributed by atoms with Crippen molar-refractivity contribution < 1.29 is 0 Å². The van der Waals surface area contributed by atoms with Crippen LogP contribution in [0.2, 0.25) is 0 Å². The third kappa shape index (κ3) is 3.61. The number of fused-ring (bicyclic) bond motifs is 2. The van der Waals surface area contributed by atoms with Crippen LogP contribution in [0.1, 0.15) is 63.9 Å². The monoisotopic (exact) mass is 407 g/mol. The van der Waals surface area contributed by atoms with Crippen LogP contribution in [0.5, 0.6) is 0 Å². The molecule has 0 saturated carbocycles. The largest absolute Gasteiger partial charge is 0.398 e. The molecule has 0 fully saturated rings. The normalized spacial score (nSPS) is 12.0. The van der Waals surface area contributed by atoms with Gasteiger partial charge in [-0.25, -0.2) is 0 Å². The highest BCUT2D eigenvalue weighted by Crippen LogP contribution is 2.42. The van der Waals surface area contributed by atoms with Gasteiger partial charge < -0.3 is 5.73 Å². The van der Waals surface area contributed by atoms with Gasteiger partial charge in [0.1, 0.15) is 0 Å². The first-order chi connectivity index (χ1) is 15.3. The summed E-state index contributed by atoms with van der Waals surface area (Å²) in [6, 6.07) is 22.4. The van der Waals surface area contributed by atoms with Gasteiger partial charge in [0.2, 0.25) is 0 Å². The summed E-state index contributed by atoms with van der Waals surface area (Å²) in [4.78, 5) is 0. The van der Waals surface area contributed by atoms with Gasteiger partial charge in [-0.1, -0.05) is 106 Å². The van der Waals surface area contributed by atoms with Crippen molar-refractivity contribution in [3.63, 3.8) is 0 Å². The Kier molecular flexibility index (Phi) is 5.68. The third-order valence-electron chi connectivity index (χ3n) is 7.07. The van der Waals surface area contributed by atoms with E-state index < -0.39 is 0 Å². The van der Waals surface area contributed by atoms with Crippen molar-refractivity contribution in [3.05, 3.63) is 66.2 Å². The standard InChI is InChI=1S/C30H33N/c1-2-3-4-5-6-7-8-9-13-22-20-27-25-17-11-15-21-14-10-16-23(28(21)25)24-18-12-19-26(29(24)27)30(22)31/h10-12,14-20H,2-9,13,31H2,1H3. The first kappa shape index (κ1) is 20.1. The lowest BCUT2D eigenvalue weighted by molar-refractivity contribution is 0.576. The smallest absolute Gasteiger partial charge is 0.0426 e. The molecule has 5 aromatic carbocycles. The summed E-state index contributed by atoms with van der Waals surface area (Å²) in [6.07, 6.45) is 11.8. The third-order valence-corrected chi connectivity index (χ3v) is 7.07. The average Bonchev–Trinajstić information content (AvgIpc) is 2.81. The number of unbranched alkanes of at least 4 members (excludes halogenated alkanes) is 7. The Morgan fingerprint density at radius 2 is 1.13 bits per heavy atom. The number of rotatable bonds is 9. The van der Waals surface area contributed by atoms with Crippen LogP contribution in [0.4, 0.5) is 5.69 Å². The minimum Gasteiger partial charge on any atom is -0.398 e. The maximum absolute atomic E-state index is 6.75. The molecular weight excluding hydrogens is 374 g/mol. The topological polar surface area (TPSA) is 26.0 Å². The lowest BCUT2D eigenvalue weighted by Gasteiger charge is -2.17. The predicted molar refractivity (Wildman–Crippen MR) is 138 cm³/mol. The molecule has 0 radical (unpaired) electrons. The van der Waals surface area contributed by atoms with Crippen LogP contribution in [0.25, 0.3) is 43.1 Å². The molecule has 0 aliphatic carbocycles. The number of anilines is 1. The molecule has 0 unspecified atom stereocenters. The Morgan fingerprint density at radius 3 is 1.84 bits per heavy atom. The fraction of sp³-hybridized carbons (Fsp3) is 0.333. The van der Waals surface area contributed by atoms with Crippen molar-refractivity contribution in [1.29, 1.82) is 0 Å². The molecule has 0 heterocycles. The Morgan fingerprint density at radius 1 is 0.581 bits per heavy atom. The molecule has 0 aliphatic rings. The van der Waals surface area contributed by atoms with Gasteiger partial charge in [0, 0.05) is 11.1 Å². The molecule has 2 N–H and O–H groups in total. The number of hydrogen-bond acceptors (Lipinski definition) is 1. The van der Waals surface area contributed by atoms with E-state index in [1.54, 1.807) is 0 Å². The van der Waals surface area contributed by atoms with Crippen molar-refractivity contribution in [2.45, 2.75) is 64.7 Å². The SMILES string of the molecule is CCCCCCCCCCc1cc2c3cccc4cccc(c5cccc(c1N)c52)c43. The summed E-state index contributed by atoms with van der Waals surface area (Å²) in [6.45, 7) is 2.28. The number of hydrogen-bond donors (Lipinski definition) is 1. The number of benzene rings is 5. The number of nitrogen functional groups attached to an aromatic ring is 1. The highest BCUT2D eigenvalue weighted by Gasteiger charge is 2.15. The van der Waals surface area contributed by atoms with E-state index in [4.69, 9.17) is 5.73 Å². The predicted octanol–water partition coefficient (Wildman–Crippen LogP) is 9.00. The van der Waals surface area contributed by atoms with Crippen LogP contribution < -0.4 is 5.73 Å². The molecule has 0 aliphatic heterocycles. The van der Waals surface area contributed by atoms with Gasteiger partial charge >= 0.3 is 0 Å². The summed E-state index contributed by atoms with van der Waals surface area (Å²) < 4.78 is 0. The molecule has 0 atom stereocenters. The summed E-state index contributed by atoms with van der Waals surface area (Å²) in [5.41, 5.74) is 9.05. The van der Waals surface area contributed by atoms with Gasteiger partial charge in [0.25, 0.3) is 0 Å². The van der Waals surface area contributed by atoms with Crippen LogP contribution in [-0.4, -0.2) is 0 Å². The molecule has 1 heteroatoms. The molecule has 5 rings (SSSR count). The molecular formula is C30H33N. The van der Waals surface area contributed by atoms with Crippen LogP contribution in [0, 0.1) is 0 Å². The van der Waals surface area contributed by atoms with E-state index in [9.17, 15) is 0 Å². The maximum Gasteiger partial charge on any atom is 0.0426 e. The lowest BCUT2D eigenvalue weighted by atomic mass is 9.87. The van der Waals surface area contributed by atoms with E-state index >= 15 is 0 Å². The summed E-state index contributed by atoms with van der Waals surface area (Å²) >= 11 is 0. The van der Waals surface area contributed by atoms with E-state index in [0.29, 0.717) is 0 Å². The fourth-order valence-corrected chi connectivity index (χ4v) is 5.45. The quantitative estimate of drug-likeness (QED) is 0.112. The summed E-state index contributed by atoms with van der Waals surface area (Å²) in [5, 5.41) is 10.6. The molecule has 0 saturated heterocycles. The molecule has 0 spiro atoms. The summed E-state index contributed by atoms with van der Waals surface area (Å²) in [5.74, 6) is 0. The highest BCUT2D eigenvalue weighted by atomic mass is 14.6. The number of aryl methyl sites for hydroxylation is 1. The van der Waals surface area contributed by atoms with Crippen molar-refractivity contribution in [2.24, 2.45) is 0 Å².